The third kappa shape index (κ3) is 3.94. The van der Waals surface area contributed by atoms with Gasteiger partial charge in [0, 0.05) is 29.0 Å². The molecule has 0 spiro atoms. The van der Waals surface area contributed by atoms with Crippen molar-refractivity contribution in [1.29, 1.82) is 5.41 Å². The lowest BCUT2D eigenvalue weighted by molar-refractivity contribution is 0.547. The predicted molar refractivity (Wildman–Crippen MR) is 103 cm³/mol. The first-order chi connectivity index (χ1) is 11.2. The number of likely N-dealkylation sites (N-methyl/N-ethyl adjacent to an activating group) is 1. The van der Waals surface area contributed by atoms with Gasteiger partial charge < -0.3 is 21.3 Å². The molecule has 1 heterocycles. The Balaban J connectivity index is 2.45. The average Bonchev–Trinajstić information content (AvgIpc) is 2.76. The standard InChI is InChI=1S/C16H21Cl2N5S/c1-8(2)12-16(24-11-6-9(17)5-10(18)7-11)23(4)15(22-12)13(21-3)14(19)20/h5-8,21-22H,1-4H3,(H3,19,20). The Kier molecular flexibility index (Phi) is 5.96. The maximum atomic E-state index is 7.75. The molecule has 5 nitrogen and oxygen atoms in total. The van der Waals surface area contributed by atoms with Crippen LogP contribution >= 0.6 is 35.0 Å². The van der Waals surface area contributed by atoms with E-state index < -0.39 is 0 Å². The molecule has 1 aromatic carbocycles. The predicted octanol–water partition coefficient (Wildman–Crippen LogP) is 3.77. The number of benzene rings is 1. The summed E-state index contributed by atoms with van der Waals surface area (Å²) in [5, 5.41) is 16.3. The largest absolute Gasteiger partial charge is 0.382 e. The van der Waals surface area contributed by atoms with Crippen LogP contribution in [0, 0.1) is 11.3 Å². The lowest BCUT2D eigenvalue weighted by atomic mass is 10.1. The smallest absolute Gasteiger partial charge is 0.143 e. The number of amidine groups is 1. The van der Waals surface area contributed by atoms with Crippen molar-refractivity contribution < 1.29 is 0 Å². The number of hydrogen-bond donors (Lipinski definition) is 4. The van der Waals surface area contributed by atoms with Crippen molar-refractivity contribution in [2.75, 3.05) is 14.1 Å². The monoisotopic (exact) mass is 385 g/mol. The number of hydrogen-bond acceptors (Lipinski definition) is 5. The summed E-state index contributed by atoms with van der Waals surface area (Å²) in [7, 11) is 3.68. The van der Waals surface area contributed by atoms with Crippen molar-refractivity contribution in [3.63, 3.8) is 0 Å². The Morgan fingerprint density at radius 3 is 2.33 bits per heavy atom. The molecule has 0 saturated heterocycles. The van der Waals surface area contributed by atoms with Crippen LogP contribution in [0.3, 0.4) is 0 Å². The van der Waals surface area contributed by atoms with Crippen molar-refractivity contribution in [3.8, 4) is 0 Å². The number of nitrogens with zero attached hydrogens (tertiary/aromatic N) is 1. The Labute approximate surface area is 156 Å². The number of nitrogens with two attached hydrogens (primary N) is 1. The molecule has 0 amide bonds. The quantitative estimate of drug-likeness (QED) is 0.458. The molecule has 0 saturated carbocycles. The number of nitrogens with one attached hydrogen (secondary N) is 3. The van der Waals surface area contributed by atoms with Crippen LogP contribution in [-0.2, 0) is 0 Å². The summed E-state index contributed by atoms with van der Waals surface area (Å²) >= 11 is 13.8. The van der Waals surface area contributed by atoms with Crippen molar-refractivity contribution in [2.45, 2.75) is 18.7 Å². The Morgan fingerprint density at radius 1 is 1.29 bits per heavy atom. The summed E-state index contributed by atoms with van der Waals surface area (Å²) in [4.78, 5) is 2.94. The van der Waals surface area contributed by atoms with Crippen LogP contribution in [-0.4, -0.2) is 24.8 Å². The lowest BCUT2D eigenvalue weighted by Gasteiger charge is -2.20. The number of halogens is 2. The molecule has 8 heteroatoms. The van der Waals surface area contributed by atoms with E-state index in [1.54, 1.807) is 24.9 Å². The summed E-state index contributed by atoms with van der Waals surface area (Å²) in [6, 6.07) is 5.47. The highest BCUT2D eigenvalue weighted by Crippen LogP contribution is 2.40. The molecule has 5 N–H and O–H groups in total. The number of allylic oxidation sites excluding steroid dienone is 1. The summed E-state index contributed by atoms with van der Waals surface area (Å²) in [6.45, 7) is 4.22. The van der Waals surface area contributed by atoms with Crippen LogP contribution in [0.25, 0.3) is 0 Å². The SMILES string of the molecule is CNC(C(=N)N)=C1NC(C(C)C)=C(Sc2cc(Cl)cc(Cl)c2)N1C. The van der Waals surface area contributed by atoms with Crippen LogP contribution in [0.5, 0.6) is 0 Å². The lowest BCUT2D eigenvalue weighted by Crippen LogP contribution is -2.31. The fourth-order valence-electron chi connectivity index (χ4n) is 2.37. The zero-order valence-corrected chi connectivity index (χ0v) is 16.3. The fourth-order valence-corrected chi connectivity index (χ4v) is 4.25. The molecular formula is C16H21Cl2N5S. The van der Waals surface area contributed by atoms with Crippen molar-refractivity contribution >= 4 is 40.8 Å². The van der Waals surface area contributed by atoms with E-state index in [0.29, 0.717) is 15.7 Å². The first-order valence-electron chi connectivity index (χ1n) is 7.39. The first kappa shape index (κ1) is 18.8. The molecule has 0 unspecified atom stereocenters. The Bertz CT molecular complexity index is 707. The second kappa shape index (κ2) is 7.59. The van der Waals surface area contributed by atoms with E-state index in [0.717, 1.165) is 21.4 Å². The molecule has 130 valence electrons. The highest BCUT2D eigenvalue weighted by Gasteiger charge is 2.29. The van der Waals surface area contributed by atoms with Gasteiger partial charge in [0.25, 0.3) is 0 Å². The molecule has 0 atom stereocenters. The molecule has 0 radical (unpaired) electrons. The molecule has 1 aliphatic heterocycles. The van der Waals surface area contributed by atoms with Crippen molar-refractivity contribution in [1.82, 2.24) is 15.5 Å². The summed E-state index contributed by atoms with van der Waals surface area (Å²) in [5.74, 6) is 1.00. The Morgan fingerprint density at radius 2 is 1.88 bits per heavy atom. The molecule has 2 rings (SSSR count). The van der Waals surface area contributed by atoms with Crippen LogP contribution in [0.2, 0.25) is 10.0 Å². The maximum Gasteiger partial charge on any atom is 0.143 e. The molecule has 1 aromatic rings. The van der Waals surface area contributed by atoms with Crippen LogP contribution < -0.4 is 16.4 Å². The van der Waals surface area contributed by atoms with Gasteiger partial charge in [-0.15, -0.1) is 0 Å². The van der Waals surface area contributed by atoms with Gasteiger partial charge in [0.2, 0.25) is 0 Å². The van der Waals surface area contributed by atoms with E-state index in [1.807, 2.05) is 24.1 Å². The Hall–Kier alpha value is -1.50. The average molecular weight is 386 g/mol. The minimum atomic E-state index is -0.0213. The van der Waals surface area contributed by atoms with Crippen LogP contribution in [0.1, 0.15) is 13.8 Å². The highest BCUT2D eigenvalue weighted by atomic mass is 35.5. The van der Waals surface area contributed by atoms with Gasteiger partial charge in [0.05, 0.1) is 5.70 Å². The van der Waals surface area contributed by atoms with Gasteiger partial charge in [-0.05, 0) is 24.1 Å². The summed E-state index contributed by atoms with van der Waals surface area (Å²) in [6.07, 6.45) is 0. The molecular weight excluding hydrogens is 365 g/mol. The van der Waals surface area contributed by atoms with E-state index >= 15 is 0 Å². The van der Waals surface area contributed by atoms with Crippen LogP contribution in [0.4, 0.5) is 0 Å². The third-order valence-corrected chi connectivity index (χ3v) is 5.10. The molecule has 0 aliphatic carbocycles. The van der Waals surface area contributed by atoms with Gasteiger partial charge in [-0.2, -0.15) is 0 Å². The molecule has 0 bridgehead atoms. The zero-order chi connectivity index (χ0) is 18.0. The third-order valence-electron chi connectivity index (χ3n) is 3.51. The van der Waals surface area contributed by atoms with E-state index in [-0.39, 0.29) is 11.8 Å². The van der Waals surface area contributed by atoms with Gasteiger partial charge in [-0.1, -0.05) is 48.8 Å². The normalized spacial score (nSPS) is 16.5. The van der Waals surface area contributed by atoms with Gasteiger partial charge in [-0.25, -0.2) is 0 Å². The van der Waals surface area contributed by atoms with Gasteiger partial charge >= 0.3 is 0 Å². The number of thioether (sulfide) groups is 1. The van der Waals surface area contributed by atoms with Crippen molar-refractivity contribution in [3.05, 3.63) is 50.5 Å². The molecule has 0 fully saturated rings. The van der Waals surface area contributed by atoms with E-state index in [4.69, 9.17) is 34.3 Å². The molecule has 24 heavy (non-hydrogen) atoms. The topological polar surface area (TPSA) is 77.2 Å². The van der Waals surface area contributed by atoms with Crippen LogP contribution in [0.15, 0.2) is 45.3 Å². The second-order valence-corrected chi connectivity index (χ2v) is 7.59. The summed E-state index contributed by atoms with van der Waals surface area (Å²) < 4.78 is 0. The van der Waals surface area contributed by atoms with Gasteiger partial charge in [0.1, 0.15) is 22.4 Å². The zero-order valence-electron chi connectivity index (χ0n) is 14.0. The first-order valence-corrected chi connectivity index (χ1v) is 8.97. The van der Waals surface area contributed by atoms with Gasteiger partial charge in [0.15, 0.2) is 0 Å². The second-order valence-electron chi connectivity index (χ2n) is 5.65. The van der Waals surface area contributed by atoms with E-state index in [2.05, 4.69) is 24.5 Å². The summed E-state index contributed by atoms with van der Waals surface area (Å²) in [5.41, 5.74) is 7.29. The highest BCUT2D eigenvalue weighted by molar-refractivity contribution is 8.03. The van der Waals surface area contributed by atoms with E-state index in [9.17, 15) is 0 Å². The number of rotatable bonds is 5. The molecule has 0 aromatic heterocycles. The minimum absolute atomic E-state index is 0.0213. The van der Waals surface area contributed by atoms with E-state index in [1.165, 1.54) is 0 Å². The molecule has 1 aliphatic rings. The minimum Gasteiger partial charge on any atom is -0.382 e. The maximum absolute atomic E-state index is 7.75. The van der Waals surface area contributed by atoms with Gasteiger partial charge in [-0.3, -0.25) is 5.41 Å². The fraction of sp³-hybridized carbons (Fsp3) is 0.312. The van der Waals surface area contributed by atoms with Crippen molar-refractivity contribution in [2.24, 2.45) is 11.7 Å².